The molecule has 0 spiro atoms. The third kappa shape index (κ3) is 1.93. The number of anilines is 2. The second-order valence-electron chi connectivity index (χ2n) is 4.46. The maximum atomic E-state index is 9.48. The number of rotatable bonds is 2. The molecule has 0 saturated carbocycles. The van der Waals surface area contributed by atoms with Gasteiger partial charge in [-0.2, -0.15) is 0 Å². The van der Waals surface area contributed by atoms with Crippen molar-refractivity contribution in [2.24, 2.45) is 0 Å². The van der Waals surface area contributed by atoms with Gasteiger partial charge in [-0.3, -0.25) is 0 Å². The molecule has 0 aliphatic carbocycles. The van der Waals surface area contributed by atoms with Crippen LogP contribution in [-0.2, 0) is 13.0 Å². The quantitative estimate of drug-likeness (QED) is 0.915. The molecule has 1 aliphatic rings. The fraction of sp³-hybridized carbons (Fsp3) is 0.200. The fourth-order valence-electron chi connectivity index (χ4n) is 2.51. The average Bonchev–Trinajstić information content (AvgIpc) is 2.82. The number of nitrogens with zero attached hydrogens (tertiary/aromatic N) is 1. The van der Waals surface area contributed by atoms with E-state index >= 15 is 0 Å². The summed E-state index contributed by atoms with van der Waals surface area (Å²) in [5.74, 6) is 0. The first kappa shape index (κ1) is 11.8. The van der Waals surface area contributed by atoms with Gasteiger partial charge in [0.25, 0.3) is 0 Å². The Bertz CT molecular complexity index is 582. The molecule has 0 saturated heterocycles. The Morgan fingerprint density at radius 3 is 2.78 bits per heavy atom. The van der Waals surface area contributed by atoms with Gasteiger partial charge < -0.3 is 10.0 Å². The highest BCUT2D eigenvalue weighted by molar-refractivity contribution is 9.10. The second-order valence-corrected chi connectivity index (χ2v) is 5.38. The Kier molecular flexibility index (Phi) is 3.10. The number of benzene rings is 2. The molecule has 2 nitrogen and oxygen atoms in total. The largest absolute Gasteiger partial charge is 0.392 e. The van der Waals surface area contributed by atoms with Crippen molar-refractivity contribution >= 4 is 27.3 Å². The zero-order valence-electron chi connectivity index (χ0n) is 9.94. The number of para-hydroxylation sites is 1. The molecule has 0 bridgehead atoms. The van der Waals surface area contributed by atoms with Crippen LogP contribution in [0.3, 0.4) is 0 Å². The minimum absolute atomic E-state index is 0.0707. The van der Waals surface area contributed by atoms with Gasteiger partial charge in [0.05, 0.1) is 6.61 Å². The van der Waals surface area contributed by atoms with Crippen molar-refractivity contribution in [1.29, 1.82) is 0 Å². The predicted octanol–water partition coefficient (Wildman–Crippen LogP) is 3.64. The van der Waals surface area contributed by atoms with E-state index in [1.54, 1.807) is 0 Å². The van der Waals surface area contributed by atoms with Crippen LogP contribution in [-0.4, -0.2) is 11.7 Å². The van der Waals surface area contributed by atoms with Gasteiger partial charge in [-0.1, -0.05) is 40.2 Å². The molecule has 2 aromatic carbocycles. The highest BCUT2D eigenvalue weighted by atomic mass is 79.9. The van der Waals surface area contributed by atoms with Crippen LogP contribution >= 0.6 is 15.9 Å². The van der Waals surface area contributed by atoms with E-state index in [1.165, 1.54) is 11.3 Å². The van der Waals surface area contributed by atoms with Crippen LogP contribution in [0.15, 0.2) is 46.9 Å². The number of aliphatic hydroxyl groups is 1. The molecule has 0 radical (unpaired) electrons. The van der Waals surface area contributed by atoms with Gasteiger partial charge in [-0.15, -0.1) is 0 Å². The molecule has 1 N–H and O–H groups in total. The van der Waals surface area contributed by atoms with Crippen LogP contribution in [0.1, 0.15) is 11.1 Å². The van der Waals surface area contributed by atoms with Crippen LogP contribution in [0, 0.1) is 0 Å². The molecule has 18 heavy (non-hydrogen) atoms. The molecule has 0 fully saturated rings. The molecular formula is C15H14BrNO. The molecule has 1 aliphatic heterocycles. The summed E-state index contributed by atoms with van der Waals surface area (Å²) in [6, 6.07) is 14.5. The number of halogens is 1. The second kappa shape index (κ2) is 4.75. The summed E-state index contributed by atoms with van der Waals surface area (Å²) in [6.07, 6.45) is 1.06. The van der Waals surface area contributed by atoms with Crippen molar-refractivity contribution in [2.45, 2.75) is 13.0 Å². The first-order valence-electron chi connectivity index (χ1n) is 6.04. The first-order chi connectivity index (χ1) is 8.79. The molecule has 0 amide bonds. The fourth-order valence-corrected chi connectivity index (χ4v) is 2.86. The lowest BCUT2D eigenvalue weighted by Gasteiger charge is -2.22. The summed E-state index contributed by atoms with van der Waals surface area (Å²) in [5, 5.41) is 9.48. The third-order valence-corrected chi connectivity index (χ3v) is 3.89. The maximum Gasteiger partial charge on any atom is 0.0702 e. The van der Waals surface area contributed by atoms with Gasteiger partial charge in [0.2, 0.25) is 0 Å². The third-order valence-electron chi connectivity index (χ3n) is 3.40. The molecule has 1 heterocycles. The zero-order chi connectivity index (χ0) is 12.5. The van der Waals surface area contributed by atoms with Gasteiger partial charge in [-0.25, -0.2) is 0 Å². The van der Waals surface area contributed by atoms with Crippen molar-refractivity contribution in [2.75, 3.05) is 11.4 Å². The molecular weight excluding hydrogens is 290 g/mol. The monoisotopic (exact) mass is 303 g/mol. The Hall–Kier alpha value is -1.32. The van der Waals surface area contributed by atoms with E-state index in [9.17, 15) is 5.11 Å². The summed E-state index contributed by atoms with van der Waals surface area (Å²) in [7, 11) is 0. The van der Waals surface area contributed by atoms with E-state index in [1.807, 2.05) is 12.1 Å². The van der Waals surface area contributed by atoms with E-state index in [-0.39, 0.29) is 6.61 Å². The van der Waals surface area contributed by atoms with Gasteiger partial charge in [-0.05, 0) is 30.2 Å². The molecule has 92 valence electrons. The van der Waals surface area contributed by atoms with Crippen molar-refractivity contribution < 1.29 is 5.11 Å². The SMILES string of the molecule is OCc1ccc(Br)cc1N1CCc2ccccc21. The van der Waals surface area contributed by atoms with Gasteiger partial charge in [0, 0.05) is 28.0 Å². The van der Waals surface area contributed by atoms with E-state index in [0.717, 1.165) is 28.7 Å². The minimum Gasteiger partial charge on any atom is -0.392 e. The van der Waals surface area contributed by atoms with Crippen molar-refractivity contribution in [1.82, 2.24) is 0 Å². The highest BCUT2D eigenvalue weighted by Gasteiger charge is 2.21. The molecule has 3 heteroatoms. The molecule has 2 aromatic rings. The number of aliphatic hydroxyl groups excluding tert-OH is 1. The average molecular weight is 304 g/mol. The Balaban J connectivity index is 2.09. The van der Waals surface area contributed by atoms with E-state index in [0.29, 0.717) is 0 Å². The van der Waals surface area contributed by atoms with E-state index in [4.69, 9.17) is 0 Å². The standard InChI is InChI=1S/C15H14BrNO/c16-13-6-5-12(10-18)15(9-13)17-8-7-11-3-1-2-4-14(11)17/h1-6,9,18H,7-8,10H2. The summed E-state index contributed by atoms with van der Waals surface area (Å²) in [5.41, 5.74) is 4.69. The zero-order valence-corrected chi connectivity index (χ0v) is 11.5. The van der Waals surface area contributed by atoms with Gasteiger partial charge >= 0.3 is 0 Å². The summed E-state index contributed by atoms with van der Waals surface area (Å²) >= 11 is 3.50. The summed E-state index contributed by atoms with van der Waals surface area (Å²) < 4.78 is 1.04. The highest BCUT2D eigenvalue weighted by Crippen LogP contribution is 2.37. The first-order valence-corrected chi connectivity index (χ1v) is 6.83. The van der Waals surface area contributed by atoms with E-state index < -0.39 is 0 Å². The normalized spacial score (nSPS) is 13.8. The van der Waals surface area contributed by atoms with Crippen LogP contribution in [0.5, 0.6) is 0 Å². The van der Waals surface area contributed by atoms with Crippen LogP contribution in [0.4, 0.5) is 11.4 Å². The Morgan fingerprint density at radius 2 is 1.94 bits per heavy atom. The van der Waals surface area contributed by atoms with Crippen LogP contribution in [0.25, 0.3) is 0 Å². The molecule has 3 rings (SSSR count). The smallest absolute Gasteiger partial charge is 0.0702 e. The van der Waals surface area contributed by atoms with Gasteiger partial charge in [0.1, 0.15) is 0 Å². The molecule has 0 aromatic heterocycles. The number of hydrogen-bond donors (Lipinski definition) is 1. The van der Waals surface area contributed by atoms with Crippen molar-refractivity contribution in [3.63, 3.8) is 0 Å². The summed E-state index contributed by atoms with van der Waals surface area (Å²) in [6.45, 7) is 1.05. The topological polar surface area (TPSA) is 23.5 Å². The predicted molar refractivity (Wildman–Crippen MR) is 77.2 cm³/mol. The number of fused-ring (bicyclic) bond motifs is 1. The van der Waals surface area contributed by atoms with Crippen LogP contribution < -0.4 is 4.90 Å². The lowest BCUT2D eigenvalue weighted by Crippen LogP contribution is -2.15. The lowest BCUT2D eigenvalue weighted by atomic mass is 10.1. The Labute approximate surface area is 115 Å². The minimum atomic E-state index is 0.0707. The molecule has 0 atom stereocenters. The Morgan fingerprint density at radius 1 is 1.11 bits per heavy atom. The maximum absolute atomic E-state index is 9.48. The van der Waals surface area contributed by atoms with E-state index in [2.05, 4.69) is 51.2 Å². The summed E-state index contributed by atoms with van der Waals surface area (Å²) in [4.78, 5) is 2.28. The van der Waals surface area contributed by atoms with Gasteiger partial charge in [0.15, 0.2) is 0 Å². The molecule has 0 unspecified atom stereocenters. The lowest BCUT2D eigenvalue weighted by molar-refractivity contribution is 0.282. The van der Waals surface area contributed by atoms with Crippen LogP contribution in [0.2, 0.25) is 0 Å². The van der Waals surface area contributed by atoms with Crippen molar-refractivity contribution in [3.8, 4) is 0 Å². The van der Waals surface area contributed by atoms with Crippen molar-refractivity contribution in [3.05, 3.63) is 58.1 Å². The number of hydrogen-bond acceptors (Lipinski definition) is 2.